The molecule has 2 aromatic carbocycles. The second-order valence-corrected chi connectivity index (χ2v) is 12.3. The fourth-order valence-corrected chi connectivity index (χ4v) is 5.46. The SMILES string of the molecule is CCCC(NCCCN=C(N)CF)c1ccc(-n2cc3cc(-c4cc(CCCC(C)(C)N)cc(Cl)c4F)[nH]c3nc2=O)cc1. The minimum atomic E-state index is -0.731. The summed E-state index contributed by atoms with van der Waals surface area (Å²) in [5.74, 6) is -0.507. The molecule has 0 spiro atoms. The Morgan fingerprint density at radius 3 is 2.64 bits per heavy atom. The van der Waals surface area contributed by atoms with Gasteiger partial charge in [0.15, 0.2) is 5.82 Å². The van der Waals surface area contributed by atoms with Gasteiger partial charge in [0.25, 0.3) is 0 Å². The van der Waals surface area contributed by atoms with Crippen molar-refractivity contribution < 1.29 is 8.78 Å². The van der Waals surface area contributed by atoms with Crippen LogP contribution in [0.3, 0.4) is 0 Å². The van der Waals surface area contributed by atoms with E-state index in [9.17, 15) is 9.18 Å². The highest BCUT2D eigenvalue weighted by Gasteiger charge is 2.17. The molecule has 2 heterocycles. The topological polar surface area (TPSA) is 127 Å². The molecule has 1 atom stereocenters. The molecule has 11 heteroatoms. The lowest BCUT2D eigenvalue weighted by molar-refractivity contribution is 0.459. The summed E-state index contributed by atoms with van der Waals surface area (Å²) < 4.78 is 29.1. The summed E-state index contributed by atoms with van der Waals surface area (Å²) in [5, 5.41) is 4.24. The van der Waals surface area contributed by atoms with Gasteiger partial charge in [0.05, 0.1) is 16.4 Å². The van der Waals surface area contributed by atoms with E-state index in [-0.39, 0.29) is 22.4 Å². The molecule has 44 heavy (non-hydrogen) atoms. The zero-order valence-electron chi connectivity index (χ0n) is 25.6. The Bertz CT molecular complexity index is 1640. The summed E-state index contributed by atoms with van der Waals surface area (Å²) in [4.78, 5) is 24.3. The van der Waals surface area contributed by atoms with Crippen LogP contribution < -0.4 is 22.5 Å². The van der Waals surface area contributed by atoms with Crippen LogP contribution in [0.25, 0.3) is 28.0 Å². The second kappa shape index (κ2) is 14.9. The standard InChI is InChI=1S/C33H42ClF2N7O/c1-4-7-27(39-14-6-15-40-29(37)19-35)22-9-11-24(12-10-22)43-20-23-18-28(41-31(23)42-32(43)44)25-16-21(17-26(34)30(25)36)8-5-13-33(2,3)38/h9-12,16-18,20,27,39H,4-8,13-15,19,38H2,1-3H3,(H2,37,40)(H,41,42,44). The minimum absolute atomic E-state index is 0.0218. The Hall–Kier alpha value is -3.60. The van der Waals surface area contributed by atoms with E-state index in [1.165, 1.54) is 4.57 Å². The number of nitrogens with zero attached hydrogens (tertiary/aromatic N) is 3. The smallest absolute Gasteiger partial charge is 0.354 e. The number of fused-ring (bicyclic) bond motifs is 1. The third kappa shape index (κ3) is 8.74. The number of aryl methyl sites for hydroxylation is 1. The average Bonchev–Trinajstić information content (AvgIpc) is 3.39. The molecule has 4 aromatic rings. The molecule has 0 aliphatic carbocycles. The summed E-state index contributed by atoms with van der Waals surface area (Å²) in [6.07, 6.45) is 6.75. The molecule has 1 unspecified atom stereocenters. The van der Waals surface area contributed by atoms with Crippen LogP contribution in [0.1, 0.15) is 70.0 Å². The van der Waals surface area contributed by atoms with Gasteiger partial charge in [0.1, 0.15) is 18.2 Å². The lowest BCUT2D eigenvalue weighted by Gasteiger charge is -2.19. The lowest BCUT2D eigenvalue weighted by atomic mass is 9.96. The maximum atomic E-state index is 15.2. The van der Waals surface area contributed by atoms with Crippen molar-refractivity contribution in [2.75, 3.05) is 19.8 Å². The number of H-pyrrole nitrogens is 1. The maximum Gasteiger partial charge on any atom is 0.354 e. The lowest BCUT2D eigenvalue weighted by Crippen LogP contribution is -2.31. The third-order valence-corrected chi connectivity index (χ3v) is 7.78. The quantitative estimate of drug-likeness (QED) is 0.0692. The van der Waals surface area contributed by atoms with Crippen LogP contribution in [-0.4, -0.2) is 45.7 Å². The number of nitrogens with one attached hydrogen (secondary N) is 2. The van der Waals surface area contributed by atoms with Crippen molar-refractivity contribution in [2.45, 2.75) is 70.9 Å². The largest absolute Gasteiger partial charge is 0.385 e. The zero-order valence-corrected chi connectivity index (χ0v) is 26.4. The first-order valence-electron chi connectivity index (χ1n) is 15.1. The molecule has 4 rings (SSSR count). The zero-order chi connectivity index (χ0) is 31.9. The molecule has 236 valence electrons. The summed E-state index contributed by atoms with van der Waals surface area (Å²) >= 11 is 6.27. The van der Waals surface area contributed by atoms with Crippen LogP contribution in [0.4, 0.5) is 8.78 Å². The molecule has 0 saturated heterocycles. The third-order valence-electron chi connectivity index (χ3n) is 7.50. The number of hydrogen-bond acceptors (Lipinski definition) is 5. The molecular weight excluding hydrogens is 584 g/mol. The van der Waals surface area contributed by atoms with Gasteiger partial charge in [0, 0.05) is 35.3 Å². The predicted molar refractivity (Wildman–Crippen MR) is 176 cm³/mol. The van der Waals surface area contributed by atoms with Gasteiger partial charge in [-0.1, -0.05) is 37.1 Å². The van der Waals surface area contributed by atoms with Crippen molar-refractivity contribution in [1.82, 2.24) is 19.9 Å². The molecular formula is C33H42ClF2N7O. The maximum absolute atomic E-state index is 15.2. The van der Waals surface area contributed by atoms with Crippen LogP contribution in [0, 0.1) is 5.82 Å². The summed E-state index contributed by atoms with van der Waals surface area (Å²) in [5.41, 5.74) is 14.7. The molecule has 0 fully saturated rings. The highest BCUT2D eigenvalue weighted by Crippen LogP contribution is 2.31. The Kier molecular flexibility index (Phi) is 11.3. The molecule has 8 nitrogen and oxygen atoms in total. The molecule has 0 bridgehead atoms. The predicted octanol–water partition coefficient (Wildman–Crippen LogP) is 6.38. The number of rotatable bonds is 15. The van der Waals surface area contributed by atoms with Gasteiger partial charge >= 0.3 is 5.69 Å². The Morgan fingerprint density at radius 2 is 1.95 bits per heavy atom. The number of halogens is 3. The van der Waals surface area contributed by atoms with Gasteiger partial charge in [0.2, 0.25) is 0 Å². The Morgan fingerprint density at radius 1 is 1.20 bits per heavy atom. The molecule has 0 saturated carbocycles. The fourth-order valence-electron chi connectivity index (χ4n) is 5.22. The van der Waals surface area contributed by atoms with Gasteiger partial charge in [-0.3, -0.25) is 9.56 Å². The summed E-state index contributed by atoms with van der Waals surface area (Å²) in [6.45, 7) is 6.54. The molecule has 2 aromatic heterocycles. The van der Waals surface area contributed by atoms with Crippen LogP contribution in [0.15, 0.2) is 58.4 Å². The highest BCUT2D eigenvalue weighted by molar-refractivity contribution is 6.31. The first-order chi connectivity index (χ1) is 21.0. The van der Waals surface area contributed by atoms with Crippen molar-refractivity contribution in [1.29, 1.82) is 0 Å². The van der Waals surface area contributed by atoms with Crippen LogP contribution in [-0.2, 0) is 6.42 Å². The molecule has 0 amide bonds. The number of nitrogens with two attached hydrogens (primary N) is 2. The van der Waals surface area contributed by atoms with Crippen molar-refractivity contribution in [3.63, 3.8) is 0 Å². The minimum Gasteiger partial charge on any atom is -0.385 e. The Balaban J connectivity index is 1.53. The number of hydrogen-bond donors (Lipinski definition) is 4. The molecule has 0 aliphatic rings. The number of amidine groups is 1. The van der Waals surface area contributed by atoms with Crippen molar-refractivity contribution >= 4 is 28.5 Å². The van der Waals surface area contributed by atoms with Crippen molar-refractivity contribution in [3.8, 4) is 16.9 Å². The van der Waals surface area contributed by atoms with Gasteiger partial charge in [-0.2, -0.15) is 4.98 Å². The highest BCUT2D eigenvalue weighted by atomic mass is 35.5. The van der Waals surface area contributed by atoms with E-state index >= 15 is 4.39 Å². The van der Waals surface area contributed by atoms with E-state index in [4.69, 9.17) is 23.1 Å². The van der Waals surface area contributed by atoms with E-state index in [0.717, 1.165) is 43.2 Å². The van der Waals surface area contributed by atoms with Gasteiger partial charge in [-0.25, -0.2) is 13.6 Å². The summed E-state index contributed by atoms with van der Waals surface area (Å²) in [6, 6.07) is 13.1. The number of aliphatic imine (C=N–C) groups is 1. The first-order valence-corrected chi connectivity index (χ1v) is 15.4. The fraction of sp³-hybridized carbons (Fsp3) is 0.424. The average molecular weight is 626 g/mol. The van der Waals surface area contributed by atoms with Crippen molar-refractivity contribution in [3.05, 3.63) is 81.1 Å². The van der Waals surface area contributed by atoms with Crippen molar-refractivity contribution in [2.24, 2.45) is 16.5 Å². The van der Waals surface area contributed by atoms with Crippen LogP contribution in [0.2, 0.25) is 5.02 Å². The Labute approximate surface area is 261 Å². The molecule has 0 aliphatic heterocycles. The van der Waals surface area contributed by atoms with Crippen LogP contribution >= 0.6 is 11.6 Å². The van der Waals surface area contributed by atoms with E-state index in [1.54, 1.807) is 24.4 Å². The number of aromatic nitrogens is 3. The normalized spacial score (nSPS) is 13.1. The molecule has 0 radical (unpaired) electrons. The monoisotopic (exact) mass is 625 g/mol. The van der Waals surface area contributed by atoms with Gasteiger partial charge in [-0.15, -0.1) is 0 Å². The summed E-state index contributed by atoms with van der Waals surface area (Å²) in [7, 11) is 0. The number of aromatic amines is 1. The van der Waals surface area contributed by atoms with E-state index < -0.39 is 18.2 Å². The van der Waals surface area contributed by atoms with Crippen LogP contribution in [0.5, 0.6) is 0 Å². The second-order valence-electron chi connectivity index (χ2n) is 11.9. The first kappa shape index (κ1) is 33.3. The molecule has 6 N–H and O–H groups in total. The number of alkyl halides is 1. The van der Waals surface area contributed by atoms with Gasteiger partial charge in [-0.05, 0) is 94.0 Å². The van der Waals surface area contributed by atoms with E-state index in [0.29, 0.717) is 47.5 Å². The number of benzene rings is 2. The van der Waals surface area contributed by atoms with Gasteiger partial charge < -0.3 is 21.8 Å². The van der Waals surface area contributed by atoms with E-state index in [1.807, 2.05) is 38.1 Å². The van der Waals surface area contributed by atoms with E-state index in [2.05, 4.69) is 27.2 Å².